The summed E-state index contributed by atoms with van der Waals surface area (Å²) in [6, 6.07) is 17.5. The summed E-state index contributed by atoms with van der Waals surface area (Å²) in [6.07, 6.45) is 8.54. The molecule has 2 N–H and O–H groups in total. The van der Waals surface area contributed by atoms with E-state index in [1.165, 1.54) is 14.7 Å². The van der Waals surface area contributed by atoms with Crippen molar-refractivity contribution in [3.05, 3.63) is 139 Å². The van der Waals surface area contributed by atoms with E-state index in [1.807, 2.05) is 11.0 Å². The molecular formula is C46H46FN9O7S. The first-order valence-electron chi connectivity index (χ1n) is 21.6. The quantitative estimate of drug-likeness (QED) is 0.172. The van der Waals surface area contributed by atoms with Crippen LogP contribution < -0.4 is 16.2 Å². The van der Waals surface area contributed by atoms with Crippen molar-refractivity contribution >= 4 is 32.5 Å². The molecule has 16 nitrogen and oxygen atoms in total. The Balaban J connectivity index is 1.06. The molecular weight excluding hydrogens is 842 g/mol. The highest BCUT2D eigenvalue weighted by molar-refractivity contribution is 7.92. The van der Waals surface area contributed by atoms with Crippen LogP contribution in [0, 0.1) is 25.6 Å². The number of H-pyrrole nitrogens is 1. The number of imidazole rings is 1. The number of carbonyl (C=O) groups is 1. The molecule has 4 aromatic heterocycles. The van der Waals surface area contributed by atoms with E-state index in [0.717, 1.165) is 41.3 Å². The number of anilines is 1. The smallest absolute Gasteiger partial charge is 0.381 e. The summed E-state index contributed by atoms with van der Waals surface area (Å²) >= 11 is 0. The highest BCUT2D eigenvalue weighted by Gasteiger charge is 2.59. The van der Waals surface area contributed by atoms with Crippen LogP contribution in [-0.4, -0.2) is 78.4 Å². The van der Waals surface area contributed by atoms with Gasteiger partial charge in [0.15, 0.2) is 5.82 Å². The minimum absolute atomic E-state index is 0.0192. The highest BCUT2D eigenvalue weighted by Crippen LogP contribution is 2.56. The van der Waals surface area contributed by atoms with E-state index in [1.54, 1.807) is 67.3 Å². The first-order chi connectivity index (χ1) is 30.7. The topological polar surface area (TPSA) is 184 Å². The van der Waals surface area contributed by atoms with Gasteiger partial charge in [0.05, 0.1) is 29.4 Å². The number of amides is 1. The van der Waals surface area contributed by atoms with E-state index < -0.39 is 33.0 Å². The average Bonchev–Trinajstić information content (AvgIpc) is 3.87. The molecule has 2 unspecified atom stereocenters. The molecule has 64 heavy (non-hydrogen) atoms. The number of aromatic nitrogens is 7. The molecule has 1 saturated carbocycles. The lowest BCUT2D eigenvalue weighted by atomic mass is 9.91. The second-order valence-corrected chi connectivity index (χ2v) is 19.7. The van der Waals surface area contributed by atoms with Gasteiger partial charge < -0.3 is 14.2 Å². The maximum absolute atomic E-state index is 15.7. The number of aromatic amines is 1. The Bertz CT molecular complexity index is 3260. The fraction of sp³-hybridized carbons (Fsp3) is 0.370. The third-order valence-corrected chi connectivity index (χ3v) is 14.5. The second-order valence-electron chi connectivity index (χ2n) is 17.9. The zero-order valence-corrected chi connectivity index (χ0v) is 36.5. The number of nitrogens with one attached hydrogen (secondary N) is 2. The molecule has 11 rings (SSSR count). The summed E-state index contributed by atoms with van der Waals surface area (Å²) in [4.78, 5) is 47.5. The molecule has 3 aromatic carbocycles. The molecule has 1 amide bonds. The van der Waals surface area contributed by atoms with E-state index in [9.17, 15) is 18.0 Å². The molecule has 3 fully saturated rings. The number of hydrogen-bond acceptors (Lipinski definition) is 9. The fourth-order valence-corrected chi connectivity index (χ4v) is 11.3. The van der Waals surface area contributed by atoms with Crippen LogP contribution in [0.4, 0.5) is 10.1 Å². The summed E-state index contributed by atoms with van der Waals surface area (Å²) in [5.41, 5.74) is 4.98. The predicted molar refractivity (Wildman–Crippen MR) is 235 cm³/mol. The fourth-order valence-electron chi connectivity index (χ4n) is 10.8. The van der Waals surface area contributed by atoms with E-state index >= 15 is 9.18 Å². The Morgan fingerprint density at radius 2 is 1.66 bits per heavy atom. The number of rotatable bonds is 9. The maximum Gasteiger partial charge on any atom is 0.438 e. The van der Waals surface area contributed by atoms with Gasteiger partial charge >= 0.3 is 11.4 Å². The molecule has 1 aliphatic carbocycles. The highest BCUT2D eigenvalue weighted by atomic mass is 32.2. The van der Waals surface area contributed by atoms with Crippen molar-refractivity contribution in [1.29, 1.82) is 0 Å². The molecule has 4 atom stereocenters. The lowest BCUT2D eigenvalue weighted by Crippen LogP contribution is -2.43. The van der Waals surface area contributed by atoms with Crippen molar-refractivity contribution in [2.45, 2.75) is 82.8 Å². The van der Waals surface area contributed by atoms with Gasteiger partial charge in [0.2, 0.25) is 10.0 Å². The monoisotopic (exact) mass is 887 g/mol. The lowest BCUT2D eigenvalue weighted by molar-refractivity contribution is 0.0632. The van der Waals surface area contributed by atoms with Crippen LogP contribution in [0.5, 0.6) is 0 Å². The van der Waals surface area contributed by atoms with Crippen molar-refractivity contribution in [2.24, 2.45) is 5.92 Å². The largest absolute Gasteiger partial charge is 0.438 e. The van der Waals surface area contributed by atoms with Crippen LogP contribution in [0.1, 0.15) is 95.2 Å². The number of ether oxygens (including phenoxy) is 1. The molecule has 7 aromatic rings. The Labute approximate surface area is 366 Å². The maximum atomic E-state index is 15.7. The van der Waals surface area contributed by atoms with Crippen molar-refractivity contribution in [1.82, 2.24) is 38.5 Å². The molecule has 0 spiro atoms. The standard InChI is InChI=1S/C46H46FN9O7S/c1-25-19-34(20-26(2)40(25)47)56-41(53-16-15-52(45(53)59)32-8-6-31(7-9-32)51-64(4,60)61)39-35(49-56)23-33-10-12-37(39)54(33)42(57)38-22-30-21-29(28-13-17-62-18-14-28)5-11-36(30)55(38)46(24-27(46)3)43-48-44(58)63-50-43/h5-9,11,15-16,19-22,27-28,33,37,51H,10,12-14,17-18,23-24H2,1-4H3,(H,48,50,58)/t27-,33?,37?,46-/m0/s1. The predicted octanol–water partition coefficient (Wildman–Crippen LogP) is 6.15. The molecule has 4 aliphatic rings. The van der Waals surface area contributed by atoms with Gasteiger partial charge in [-0.2, -0.15) is 5.10 Å². The van der Waals surface area contributed by atoms with Crippen molar-refractivity contribution < 1.29 is 26.9 Å². The molecule has 18 heteroatoms. The summed E-state index contributed by atoms with van der Waals surface area (Å²) in [7, 11) is -3.51. The summed E-state index contributed by atoms with van der Waals surface area (Å²) in [5, 5.41) is 10.2. The van der Waals surface area contributed by atoms with Crippen LogP contribution in [0.3, 0.4) is 0 Å². The molecule has 330 valence electrons. The number of halogens is 1. The van der Waals surface area contributed by atoms with E-state index in [2.05, 4.69) is 44.6 Å². The minimum atomic E-state index is -3.51. The normalized spacial score (nSPS) is 22.0. The average molecular weight is 888 g/mol. The molecule has 2 bridgehead atoms. The number of hydrogen-bond donors (Lipinski definition) is 2. The number of fused-ring (bicyclic) bond motifs is 5. The third-order valence-electron chi connectivity index (χ3n) is 13.9. The van der Waals surface area contributed by atoms with E-state index in [0.29, 0.717) is 90.3 Å². The lowest BCUT2D eigenvalue weighted by Gasteiger charge is -2.35. The number of carbonyl (C=O) groups excluding carboxylic acids is 1. The van der Waals surface area contributed by atoms with Gasteiger partial charge in [0.1, 0.15) is 22.9 Å². The van der Waals surface area contributed by atoms with E-state index in [-0.39, 0.29) is 23.7 Å². The van der Waals surface area contributed by atoms with Crippen LogP contribution in [0.25, 0.3) is 28.1 Å². The third kappa shape index (κ3) is 6.31. The van der Waals surface area contributed by atoms with Gasteiger partial charge in [-0.15, -0.1) is 0 Å². The van der Waals surface area contributed by atoms with Gasteiger partial charge in [0, 0.05) is 60.2 Å². The Hall–Kier alpha value is -6.53. The minimum Gasteiger partial charge on any atom is -0.381 e. The molecule has 3 aliphatic heterocycles. The molecule has 2 saturated heterocycles. The van der Waals surface area contributed by atoms with Gasteiger partial charge in [-0.3, -0.25) is 28.2 Å². The van der Waals surface area contributed by atoms with Gasteiger partial charge in [-0.1, -0.05) is 18.1 Å². The Morgan fingerprint density at radius 1 is 0.938 bits per heavy atom. The summed E-state index contributed by atoms with van der Waals surface area (Å²) in [5.74, 6) is -0.0255. The van der Waals surface area contributed by atoms with Crippen LogP contribution >= 0.6 is 0 Å². The van der Waals surface area contributed by atoms with Crippen LogP contribution in [0.15, 0.2) is 87.2 Å². The van der Waals surface area contributed by atoms with Crippen LogP contribution in [-0.2, 0) is 26.7 Å². The SMILES string of the molecule is Cc1cc(-n2nc3c(c2-n2ccn(-c4ccc(NS(C)(=O)=O)cc4)c2=O)C2CCC(C3)N2C(=O)c2cc3cc(C4CCOCC4)ccc3n2[C@@]2(c3noc(=O)[nH]3)C[C@@H]2C)cc(C)c1F. The second kappa shape index (κ2) is 14.5. The van der Waals surface area contributed by atoms with Gasteiger partial charge in [-0.25, -0.2) is 27.1 Å². The van der Waals surface area contributed by atoms with Crippen molar-refractivity contribution in [2.75, 3.05) is 24.2 Å². The zero-order valence-electron chi connectivity index (χ0n) is 35.7. The van der Waals surface area contributed by atoms with Crippen molar-refractivity contribution in [3.8, 4) is 17.2 Å². The number of sulfonamides is 1. The Kier molecular flexibility index (Phi) is 9.12. The molecule has 0 radical (unpaired) electrons. The Morgan fingerprint density at radius 3 is 2.33 bits per heavy atom. The molecule has 7 heterocycles. The number of benzene rings is 3. The summed E-state index contributed by atoms with van der Waals surface area (Å²) in [6.45, 7) is 6.85. The van der Waals surface area contributed by atoms with Crippen molar-refractivity contribution in [3.63, 3.8) is 0 Å². The first kappa shape index (κ1) is 40.3. The first-order valence-corrected chi connectivity index (χ1v) is 23.5. The van der Waals surface area contributed by atoms with Gasteiger partial charge in [-0.05, 0) is 129 Å². The van der Waals surface area contributed by atoms with Crippen LogP contribution in [0.2, 0.25) is 0 Å². The number of aryl methyl sites for hydroxylation is 2. The van der Waals surface area contributed by atoms with E-state index in [4.69, 9.17) is 14.4 Å². The zero-order chi connectivity index (χ0) is 44.4. The van der Waals surface area contributed by atoms with Gasteiger partial charge in [0.25, 0.3) is 5.91 Å². The number of nitrogens with zero attached hydrogens (tertiary/aromatic N) is 7. The summed E-state index contributed by atoms with van der Waals surface area (Å²) < 4.78 is 58.7.